The summed E-state index contributed by atoms with van der Waals surface area (Å²) in [6.45, 7) is 10.3. The summed E-state index contributed by atoms with van der Waals surface area (Å²) in [6, 6.07) is -0.0464. The van der Waals surface area contributed by atoms with Crippen LogP contribution >= 0.6 is 0 Å². The normalized spacial score (nSPS) is 13.4. The van der Waals surface area contributed by atoms with Gasteiger partial charge in [-0.05, 0) is 34.6 Å². The van der Waals surface area contributed by atoms with Crippen molar-refractivity contribution in [2.24, 2.45) is 7.05 Å². The Labute approximate surface area is 139 Å². The summed E-state index contributed by atoms with van der Waals surface area (Å²) in [6.07, 6.45) is 3.56. The van der Waals surface area contributed by atoms with E-state index in [1.807, 2.05) is 24.7 Å². The van der Waals surface area contributed by atoms with E-state index in [0.29, 0.717) is 17.0 Å². The third-order valence-corrected chi connectivity index (χ3v) is 4.05. The summed E-state index contributed by atoms with van der Waals surface area (Å²) in [5, 5.41) is 12.4. The van der Waals surface area contributed by atoms with E-state index in [4.69, 9.17) is 0 Å². The van der Waals surface area contributed by atoms with Gasteiger partial charge in [0.25, 0.3) is 5.56 Å². The molecule has 0 spiro atoms. The van der Waals surface area contributed by atoms with Crippen molar-refractivity contribution >= 4 is 17.0 Å². The molecule has 0 aromatic carbocycles. The van der Waals surface area contributed by atoms with Gasteiger partial charge in [0.1, 0.15) is 5.39 Å². The molecule has 3 aromatic rings. The first-order valence-electron chi connectivity index (χ1n) is 7.92. The van der Waals surface area contributed by atoms with Crippen molar-refractivity contribution < 1.29 is 0 Å². The van der Waals surface area contributed by atoms with Gasteiger partial charge in [-0.15, -0.1) is 0 Å². The summed E-state index contributed by atoms with van der Waals surface area (Å²) >= 11 is 0. The molecule has 1 atom stereocenters. The zero-order valence-corrected chi connectivity index (χ0v) is 14.9. The van der Waals surface area contributed by atoms with Crippen LogP contribution in [-0.4, -0.2) is 29.5 Å². The Kier molecular flexibility index (Phi) is 3.70. The van der Waals surface area contributed by atoms with Crippen molar-refractivity contribution in [1.82, 2.24) is 29.5 Å². The van der Waals surface area contributed by atoms with Crippen molar-refractivity contribution in [3.8, 4) is 0 Å². The van der Waals surface area contributed by atoms with Crippen LogP contribution in [0.25, 0.3) is 11.0 Å². The van der Waals surface area contributed by atoms with Gasteiger partial charge < -0.3 is 5.32 Å². The maximum atomic E-state index is 12.1. The number of H-pyrrole nitrogens is 1. The predicted molar refractivity (Wildman–Crippen MR) is 93.1 cm³/mol. The number of hydrogen-bond acceptors (Lipinski definition) is 5. The van der Waals surface area contributed by atoms with Crippen molar-refractivity contribution in [2.45, 2.75) is 46.2 Å². The van der Waals surface area contributed by atoms with E-state index < -0.39 is 0 Å². The lowest BCUT2D eigenvalue weighted by Gasteiger charge is -2.19. The number of nitrogens with zero attached hydrogens (tertiary/aromatic N) is 5. The molecule has 8 nitrogen and oxygen atoms in total. The molecule has 0 saturated carbocycles. The number of aryl methyl sites for hydroxylation is 2. The molecule has 3 aromatic heterocycles. The van der Waals surface area contributed by atoms with Crippen LogP contribution in [0.2, 0.25) is 0 Å². The largest absolute Gasteiger partial charge is 0.349 e. The SMILES string of the molecule is Cc1nn(C(C)(C)C)cc1C(C)Nc1nc2c(cnn2C)c(=O)[nH]1. The number of anilines is 1. The number of hydrogen-bond donors (Lipinski definition) is 2. The van der Waals surface area contributed by atoms with Gasteiger partial charge in [-0.25, -0.2) is 0 Å². The molecule has 0 fully saturated rings. The lowest BCUT2D eigenvalue weighted by Crippen LogP contribution is -2.22. The molecule has 3 heterocycles. The van der Waals surface area contributed by atoms with Crippen molar-refractivity contribution in [3.63, 3.8) is 0 Å². The predicted octanol–water partition coefficient (Wildman–Crippen LogP) is 2.09. The first-order valence-corrected chi connectivity index (χ1v) is 7.92. The van der Waals surface area contributed by atoms with Crippen LogP contribution in [0.3, 0.4) is 0 Å². The Morgan fingerprint density at radius 2 is 2.04 bits per heavy atom. The average molecular weight is 329 g/mol. The average Bonchev–Trinajstić information content (AvgIpc) is 3.03. The summed E-state index contributed by atoms with van der Waals surface area (Å²) < 4.78 is 3.54. The standard InChI is InChI=1S/C16H23N7O/c1-9(12-8-23(16(3,4)5)21-10(12)2)18-15-19-13-11(14(24)20-15)7-17-22(13)6/h7-9H,1-6H3,(H2,18,19,20,24). The minimum Gasteiger partial charge on any atom is -0.349 e. The zero-order valence-electron chi connectivity index (χ0n) is 14.9. The molecular formula is C16H23N7O. The highest BCUT2D eigenvalue weighted by molar-refractivity contribution is 5.74. The van der Waals surface area contributed by atoms with Crippen molar-refractivity contribution in [1.29, 1.82) is 0 Å². The molecule has 0 aliphatic carbocycles. The van der Waals surface area contributed by atoms with Crippen molar-refractivity contribution in [3.05, 3.63) is 34.0 Å². The van der Waals surface area contributed by atoms with E-state index in [9.17, 15) is 4.79 Å². The second-order valence-corrected chi connectivity index (χ2v) is 7.07. The lowest BCUT2D eigenvalue weighted by atomic mass is 10.1. The third-order valence-electron chi connectivity index (χ3n) is 4.05. The summed E-state index contributed by atoms with van der Waals surface area (Å²) in [7, 11) is 1.76. The maximum absolute atomic E-state index is 12.1. The van der Waals surface area contributed by atoms with Crippen molar-refractivity contribution in [2.75, 3.05) is 5.32 Å². The fraction of sp³-hybridized carbons (Fsp3) is 0.500. The molecule has 0 saturated heterocycles. The minimum atomic E-state index is -0.204. The Bertz CT molecular complexity index is 942. The monoisotopic (exact) mass is 329 g/mol. The van der Waals surface area contributed by atoms with Gasteiger partial charge in [-0.3, -0.25) is 19.1 Å². The fourth-order valence-corrected chi connectivity index (χ4v) is 2.63. The molecule has 0 bridgehead atoms. The fourth-order valence-electron chi connectivity index (χ4n) is 2.63. The molecule has 3 rings (SSSR count). The van der Waals surface area contributed by atoms with Gasteiger partial charge >= 0.3 is 0 Å². The molecule has 0 aliphatic heterocycles. The number of aromatic nitrogens is 6. The highest BCUT2D eigenvalue weighted by atomic mass is 16.1. The van der Waals surface area contributed by atoms with Crippen LogP contribution in [0.5, 0.6) is 0 Å². The Hall–Kier alpha value is -2.64. The molecular weight excluding hydrogens is 306 g/mol. The van der Waals surface area contributed by atoms with Gasteiger partial charge in [0.15, 0.2) is 5.65 Å². The maximum Gasteiger partial charge on any atom is 0.263 e. The van der Waals surface area contributed by atoms with Crippen LogP contribution in [0, 0.1) is 6.92 Å². The van der Waals surface area contributed by atoms with E-state index in [1.54, 1.807) is 11.7 Å². The first kappa shape index (κ1) is 16.2. The number of nitrogens with one attached hydrogen (secondary N) is 2. The molecule has 0 radical (unpaired) electrons. The van der Waals surface area contributed by atoms with Gasteiger partial charge in [0.2, 0.25) is 5.95 Å². The number of aromatic amines is 1. The molecule has 0 amide bonds. The quantitative estimate of drug-likeness (QED) is 0.767. The highest BCUT2D eigenvalue weighted by Gasteiger charge is 2.20. The Morgan fingerprint density at radius 3 is 2.67 bits per heavy atom. The van der Waals surface area contributed by atoms with Gasteiger partial charge in [0.05, 0.1) is 23.5 Å². The van der Waals surface area contributed by atoms with E-state index >= 15 is 0 Å². The lowest BCUT2D eigenvalue weighted by molar-refractivity contribution is 0.354. The van der Waals surface area contributed by atoms with Crippen LogP contribution in [0.15, 0.2) is 17.2 Å². The molecule has 2 N–H and O–H groups in total. The van der Waals surface area contributed by atoms with Crippen LogP contribution < -0.4 is 10.9 Å². The van der Waals surface area contributed by atoms with Crippen LogP contribution in [0.4, 0.5) is 5.95 Å². The number of rotatable bonds is 3. The van der Waals surface area contributed by atoms with E-state index in [1.165, 1.54) is 6.20 Å². The van der Waals surface area contributed by atoms with Gasteiger partial charge in [-0.2, -0.15) is 15.2 Å². The molecule has 128 valence electrons. The van der Waals surface area contributed by atoms with E-state index in [-0.39, 0.29) is 17.1 Å². The highest BCUT2D eigenvalue weighted by Crippen LogP contribution is 2.23. The second kappa shape index (κ2) is 5.47. The van der Waals surface area contributed by atoms with Gasteiger partial charge in [0, 0.05) is 18.8 Å². The van der Waals surface area contributed by atoms with Crippen LogP contribution in [0.1, 0.15) is 45.0 Å². The smallest absolute Gasteiger partial charge is 0.263 e. The minimum absolute atomic E-state index is 0.0464. The summed E-state index contributed by atoms with van der Waals surface area (Å²) in [4.78, 5) is 19.3. The van der Waals surface area contributed by atoms with Gasteiger partial charge in [-0.1, -0.05) is 0 Å². The summed E-state index contributed by atoms with van der Waals surface area (Å²) in [5.74, 6) is 0.423. The van der Waals surface area contributed by atoms with Crippen LogP contribution in [-0.2, 0) is 12.6 Å². The molecule has 0 aliphatic rings. The number of fused-ring (bicyclic) bond motifs is 1. The topological polar surface area (TPSA) is 93.4 Å². The van der Waals surface area contributed by atoms with E-state index in [2.05, 4.69) is 46.3 Å². The molecule has 24 heavy (non-hydrogen) atoms. The van der Waals surface area contributed by atoms with E-state index in [0.717, 1.165) is 11.3 Å². The Balaban J connectivity index is 1.93. The molecule has 1 unspecified atom stereocenters. The second-order valence-electron chi connectivity index (χ2n) is 7.07. The third kappa shape index (κ3) is 2.79. The molecule has 8 heteroatoms. The first-order chi connectivity index (χ1) is 11.2. The Morgan fingerprint density at radius 1 is 1.33 bits per heavy atom. The zero-order chi connectivity index (χ0) is 17.6. The summed E-state index contributed by atoms with van der Waals surface area (Å²) in [5.41, 5.74) is 2.29.